The van der Waals surface area contributed by atoms with Gasteiger partial charge in [0.2, 0.25) is 0 Å². The third kappa shape index (κ3) is 4.53. The molecule has 0 aliphatic rings. The van der Waals surface area contributed by atoms with Crippen molar-refractivity contribution in [3.05, 3.63) is 58.6 Å². The lowest BCUT2D eigenvalue weighted by Gasteiger charge is -2.19. The van der Waals surface area contributed by atoms with Crippen molar-refractivity contribution in [3.8, 4) is 5.75 Å². The van der Waals surface area contributed by atoms with Crippen molar-refractivity contribution in [1.82, 2.24) is 0 Å². The van der Waals surface area contributed by atoms with E-state index in [1.807, 2.05) is 37.3 Å². The van der Waals surface area contributed by atoms with Crippen molar-refractivity contribution in [1.29, 1.82) is 0 Å². The summed E-state index contributed by atoms with van der Waals surface area (Å²) in [7, 11) is -3.03. The Labute approximate surface area is 137 Å². The van der Waals surface area contributed by atoms with Gasteiger partial charge in [0.15, 0.2) is 0 Å². The van der Waals surface area contributed by atoms with E-state index >= 15 is 0 Å². The van der Waals surface area contributed by atoms with Gasteiger partial charge in [-0.1, -0.05) is 43.6 Å². The summed E-state index contributed by atoms with van der Waals surface area (Å²) in [4.78, 5) is 0. The molecule has 0 radical (unpaired) electrons. The number of benzene rings is 2. The highest BCUT2D eigenvalue weighted by atomic mass is 35.5. The van der Waals surface area contributed by atoms with E-state index in [2.05, 4.69) is 18.9 Å². The van der Waals surface area contributed by atoms with E-state index in [9.17, 15) is 4.57 Å². The standard InChI is InChI=1S/C17H21ClNO2P/c1-12(2)14-6-9-16(10-7-14)21-22(4,20)19-17-11-15(18)8-5-13(17)3/h5-12H,1-4H3,(H,19,20)/t22-/m0/s1. The van der Waals surface area contributed by atoms with Crippen LogP contribution in [-0.4, -0.2) is 6.66 Å². The number of rotatable bonds is 5. The Morgan fingerprint density at radius 2 is 1.77 bits per heavy atom. The van der Waals surface area contributed by atoms with Crippen LogP contribution in [0.1, 0.15) is 30.9 Å². The molecule has 22 heavy (non-hydrogen) atoms. The van der Waals surface area contributed by atoms with Crippen molar-refractivity contribution >= 4 is 24.8 Å². The monoisotopic (exact) mass is 337 g/mol. The minimum atomic E-state index is -3.03. The highest BCUT2D eigenvalue weighted by Gasteiger charge is 2.18. The van der Waals surface area contributed by atoms with Crippen LogP contribution in [0.15, 0.2) is 42.5 Å². The average Bonchev–Trinajstić information content (AvgIpc) is 2.42. The van der Waals surface area contributed by atoms with Crippen molar-refractivity contribution in [2.75, 3.05) is 11.8 Å². The van der Waals surface area contributed by atoms with E-state index in [1.165, 1.54) is 5.56 Å². The smallest absolute Gasteiger partial charge is 0.338 e. The summed E-state index contributed by atoms with van der Waals surface area (Å²) >= 11 is 5.98. The molecule has 2 rings (SSSR count). The van der Waals surface area contributed by atoms with Gasteiger partial charge in [-0.25, -0.2) is 0 Å². The molecule has 0 aromatic heterocycles. The molecule has 0 unspecified atom stereocenters. The first-order valence-electron chi connectivity index (χ1n) is 7.18. The SMILES string of the molecule is Cc1ccc(Cl)cc1N[P@@](C)(=O)Oc1ccc(C(C)C)cc1. The predicted molar refractivity (Wildman–Crippen MR) is 94.5 cm³/mol. The molecular formula is C17H21ClNO2P. The number of nitrogens with one attached hydrogen (secondary N) is 1. The molecule has 0 saturated heterocycles. The minimum absolute atomic E-state index is 0.453. The van der Waals surface area contributed by atoms with Gasteiger partial charge in [-0.05, 0) is 48.2 Å². The van der Waals surface area contributed by atoms with Crippen LogP contribution in [0.5, 0.6) is 5.75 Å². The Morgan fingerprint density at radius 1 is 1.14 bits per heavy atom. The van der Waals surface area contributed by atoms with Crippen LogP contribution >= 0.6 is 19.1 Å². The van der Waals surface area contributed by atoms with Gasteiger partial charge in [0, 0.05) is 17.4 Å². The van der Waals surface area contributed by atoms with E-state index < -0.39 is 7.52 Å². The maximum absolute atomic E-state index is 12.7. The zero-order chi connectivity index (χ0) is 16.3. The largest absolute Gasteiger partial charge is 0.429 e. The van der Waals surface area contributed by atoms with Crippen LogP contribution in [0.25, 0.3) is 0 Å². The van der Waals surface area contributed by atoms with Gasteiger partial charge in [-0.15, -0.1) is 0 Å². The van der Waals surface area contributed by atoms with E-state index in [1.54, 1.807) is 18.8 Å². The Morgan fingerprint density at radius 3 is 2.36 bits per heavy atom. The minimum Gasteiger partial charge on any atom is -0.429 e. The third-order valence-corrected chi connectivity index (χ3v) is 4.79. The normalized spacial score (nSPS) is 13.7. The van der Waals surface area contributed by atoms with Crippen LogP contribution in [0.3, 0.4) is 0 Å². The summed E-state index contributed by atoms with van der Waals surface area (Å²) < 4.78 is 18.3. The molecule has 0 amide bonds. The average molecular weight is 338 g/mol. The number of aryl methyl sites for hydroxylation is 1. The lowest BCUT2D eigenvalue weighted by molar-refractivity contribution is 0.493. The first kappa shape index (κ1) is 16.9. The molecule has 0 heterocycles. The quantitative estimate of drug-likeness (QED) is 0.671. The fraction of sp³-hybridized carbons (Fsp3) is 0.294. The topological polar surface area (TPSA) is 38.3 Å². The second-order valence-corrected chi connectivity index (χ2v) is 8.27. The van der Waals surface area contributed by atoms with Gasteiger partial charge in [-0.3, -0.25) is 4.57 Å². The zero-order valence-electron chi connectivity index (χ0n) is 13.3. The number of hydrogen-bond donors (Lipinski definition) is 1. The van der Waals surface area contributed by atoms with Crippen LogP contribution in [-0.2, 0) is 4.57 Å². The predicted octanol–water partition coefficient (Wildman–Crippen LogP) is 6.09. The number of hydrogen-bond acceptors (Lipinski definition) is 2. The fourth-order valence-electron chi connectivity index (χ4n) is 2.07. The molecular weight excluding hydrogens is 317 g/mol. The van der Waals surface area contributed by atoms with Gasteiger partial charge < -0.3 is 9.61 Å². The summed E-state index contributed by atoms with van der Waals surface area (Å²) in [5.74, 6) is 1.04. The van der Waals surface area contributed by atoms with Crippen molar-refractivity contribution < 1.29 is 9.09 Å². The van der Waals surface area contributed by atoms with Crippen molar-refractivity contribution in [3.63, 3.8) is 0 Å². The lowest BCUT2D eigenvalue weighted by atomic mass is 10.0. The molecule has 2 aromatic rings. The molecule has 1 N–H and O–H groups in total. The summed E-state index contributed by atoms with van der Waals surface area (Å²) in [6.45, 7) is 7.74. The molecule has 2 aromatic carbocycles. The maximum atomic E-state index is 12.7. The highest BCUT2D eigenvalue weighted by Crippen LogP contribution is 2.44. The van der Waals surface area contributed by atoms with E-state index in [0.717, 1.165) is 11.3 Å². The van der Waals surface area contributed by atoms with Crippen molar-refractivity contribution in [2.24, 2.45) is 0 Å². The molecule has 0 aliphatic carbocycles. The van der Waals surface area contributed by atoms with Gasteiger partial charge in [0.05, 0.1) is 0 Å². The number of halogens is 1. The zero-order valence-corrected chi connectivity index (χ0v) is 14.9. The molecule has 118 valence electrons. The molecule has 3 nitrogen and oxygen atoms in total. The van der Waals surface area contributed by atoms with E-state index in [0.29, 0.717) is 16.7 Å². The van der Waals surface area contributed by atoms with E-state index in [4.69, 9.17) is 16.1 Å². The second kappa shape index (κ2) is 6.76. The number of anilines is 1. The van der Waals surface area contributed by atoms with E-state index in [-0.39, 0.29) is 0 Å². The molecule has 0 fully saturated rings. The first-order chi connectivity index (χ1) is 10.3. The molecule has 5 heteroatoms. The molecule has 0 saturated carbocycles. The van der Waals surface area contributed by atoms with Gasteiger partial charge in [0.25, 0.3) is 0 Å². The Kier molecular flexibility index (Phi) is 5.20. The first-order valence-corrected chi connectivity index (χ1v) is 9.63. The molecule has 0 bridgehead atoms. The second-order valence-electron chi connectivity index (χ2n) is 5.73. The summed E-state index contributed by atoms with van der Waals surface area (Å²) in [5, 5.41) is 3.55. The fourth-order valence-corrected chi connectivity index (χ4v) is 3.49. The van der Waals surface area contributed by atoms with Gasteiger partial charge >= 0.3 is 7.52 Å². The lowest BCUT2D eigenvalue weighted by Crippen LogP contribution is -2.03. The van der Waals surface area contributed by atoms with Crippen LogP contribution in [0.2, 0.25) is 5.02 Å². The Balaban J connectivity index is 2.13. The Bertz CT molecular complexity index is 698. The molecule has 0 spiro atoms. The van der Waals surface area contributed by atoms with Crippen LogP contribution in [0.4, 0.5) is 5.69 Å². The summed E-state index contributed by atoms with van der Waals surface area (Å²) in [6.07, 6.45) is 0. The van der Waals surface area contributed by atoms with Crippen LogP contribution < -0.4 is 9.61 Å². The molecule has 0 aliphatic heterocycles. The third-order valence-electron chi connectivity index (χ3n) is 3.35. The van der Waals surface area contributed by atoms with Gasteiger partial charge in [-0.2, -0.15) is 0 Å². The Hall–Kier alpha value is -1.44. The summed E-state index contributed by atoms with van der Waals surface area (Å²) in [6, 6.07) is 13.1. The van der Waals surface area contributed by atoms with Gasteiger partial charge in [0.1, 0.15) is 5.75 Å². The summed E-state index contributed by atoms with van der Waals surface area (Å²) in [5.41, 5.74) is 2.90. The van der Waals surface area contributed by atoms with Crippen molar-refractivity contribution in [2.45, 2.75) is 26.7 Å². The highest BCUT2D eigenvalue weighted by molar-refractivity contribution is 7.60. The maximum Gasteiger partial charge on any atom is 0.338 e. The molecule has 1 atom stereocenters. The van der Waals surface area contributed by atoms with Crippen LogP contribution in [0, 0.1) is 6.92 Å².